The summed E-state index contributed by atoms with van der Waals surface area (Å²) in [5.74, 6) is 0. The first-order valence-electron chi connectivity index (χ1n) is 39.5. The van der Waals surface area contributed by atoms with E-state index in [-0.39, 0.29) is 0 Å². The van der Waals surface area contributed by atoms with Gasteiger partial charge in [0.05, 0.1) is 70.8 Å². The molecule has 15 nitrogen and oxygen atoms in total. The lowest BCUT2D eigenvalue weighted by molar-refractivity contribution is -0.660. The smallest absolute Gasteiger partial charge is 0.229 e. The van der Waals surface area contributed by atoms with Gasteiger partial charge in [-0.3, -0.25) is 0 Å². The first-order valence-corrected chi connectivity index (χ1v) is 39.5. The van der Waals surface area contributed by atoms with Crippen LogP contribution in [0.5, 0.6) is 0 Å². The minimum Gasteiger partial charge on any atom is -0.466 e. The van der Waals surface area contributed by atoms with Gasteiger partial charge >= 0.3 is 0 Å². The van der Waals surface area contributed by atoms with Crippen LogP contribution in [0.15, 0.2) is 265 Å². The van der Waals surface area contributed by atoms with Gasteiger partial charge in [-0.15, -0.1) is 0 Å². The van der Waals surface area contributed by atoms with Gasteiger partial charge in [0.1, 0.15) is 91.1 Å². The maximum atomic E-state index is 9.57. The van der Waals surface area contributed by atoms with Crippen molar-refractivity contribution in [3.05, 3.63) is 344 Å². The molecule has 580 valence electrons. The largest absolute Gasteiger partial charge is 0.466 e. The Hall–Kier alpha value is -15.6. The molecular formula is C105H85N10O5+5. The van der Waals surface area contributed by atoms with Crippen LogP contribution in [0.3, 0.4) is 0 Å². The van der Waals surface area contributed by atoms with Crippen LogP contribution in [0.4, 0.5) is 17.1 Å². The van der Waals surface area contributed by atoms with Crippen molar-refractivity contribution in [1.29, 1.82) is 10.5 Å². The number of nitrogens with zero attached hydrogens (tertiary/aromatic N) is 10. The Balaban J connectivity index is 0.000000112. The number of nitriles is 2. The predicted octanol–water partition coefficient (Wildman–Crippen LogP) is 24.9. The Bertz CT molecular complexity index is 7750. The second-order valence-electron chi connectivity index (χ2n) is 30.8. The van der Waals surface area contributed by atoms with Gasteiger partial charge in [0.2, 0.25) is 34.2 Å². The molecule has 10 heterocycles. The summed E-state index contributed by atoms with van der Waals surface area (Å²) in [5, 5.41) is 29.2. The lowest BCUT2D eigenvalue weighted by atomic mass is 9.94. The minimum absolute atomic E-state index is 0.558. The second-order valence-corrected chi connectivity index (χ2v) is 30.8. The van der Waals surface area contributed by atoms with Gasteiger partial charge in [-0.2, -0.15) is 10.5 Å². The molecule has 0 aliphatic heterocycles. The molecule has 0 bridgehead atoms. The molecule has 10 aromatic carbocycles. The van der Waals surface area contributed by atoms with Crippen LogP contribution in [-0.4, -0.2) is 0 Å². The van der Waals surface area contributed by atoms with Crippen molar-refractivity contribution >= 4 is 127 Å². The zero-order valence-corrected chi connectivity index (χ0v) is 69.6. The van der Waals surface area contributed by atoms with Crippen LogP contribution in [-0.2, 0) is 35.2 Å². The molecule has 120 heavy (non-hydrogen) atoms. The van der Waals surface area contributed by atoms with Gasteiger partial charge in [-0.25, -0.2) is 37.4 Å². The summed E-state index contributed by atoms with van der Waals surface area (Å²) in [4.78, 5) is 10.7. The number of pyridine rings is 5. The molecule has 0 fully saturated rings. The standard InChI is InChI=1S/5C21H17N2O/c1-13-12-16-15-8-7-9-17(22-3)20(15)24-21(16)19(14(13)2)18-10-5-6-11-23(18)4;1-13-11-17-16-12-15(22-3)8-9-19(16)24-21(17)20(14(13)2)18-7-5-6-10-23(18)4;1-13-11-17-16-9-8-15(22-3)12-19(16)24-21(17)20(14(13)2)18-7-5-6-10-23(18)4;1-13-11-16-20-15(12-22)7-6-9-18(20)24-21(16)19(14(13)2)17-8-4-5-10-23(17)3;1-13-11-14(2)21-20(18(13)16-8-4-5-10-23(16)3)19-15(12-22)7-6-9-17(19)24-21/h3*5-12H,1-2,4H3;2*4-11H,1-3H3/q5*+1. The number of fused-ring (bicyclic) bond motifs is 15. The summed E-state index contributed by atoms with van der Waals surface area (Å²) in [6.07, 6.45) is 10.2. The summed E-state index contributed by atoms with van der Waals surface area (Å²) in [5.41, 5.74) is 34.3. The average Bonchev–Trinajstić information content (AvgIpc) is 1.62. The maximum absolute atomic E-state index is 9.57. The molecule has 0 spiro atoms. The van der Waals surface area contributed by atoms with Crippen LogP contribution < -0.4 is 22.8 Å². The lowest BCUT2D eigenvalue weighted by Gasteiger charge is -2.08. The quantitative estimate of drug-likeness (QED) is 0.123. The highest BCUT2D eigenvalue weighted by Crippen LogP contribution is 2.47. The number of hydrogen-bond donors (Lipinski definition) is 0. The van der Waals surface area contributed by atoms with E-state index in [1.807, 2.05) is 206 Å². The molecule has 20 rings (SSSR count). The maximum Gasteiger partial charge on any atom is 0.229 e. The number of aryl methyl sites for hydroxylation is 11. The first kappa shape index (κ1) is 78.3. The molecule has 0 unspecified atom stereocenters. The number of aromatic nitrogens is 5. The first-order chi connectivity index (χ1) is 58.0. The van der Waals surface area contributed by atoms with Crippen LogP contribution in [0.1, 0.15) is 66.8 Å². The molecular weight excluding hydrogens is 1480 g/mol. The fraction of sp³-hybridized carbons (Fsp3) is 0.143. The molecule has 0 aliphatic carbocycles. The summed E-state index contributed by atoms with van der Waals surface area (Å²) in [6, 6.07) is 74.5. The third-order valence-corrected chi connectivity index (χ3v) is 23.5. The monoisotopic (exact) mass is 1570 g/mol. The molecule has 20 aromatic rings. The lowest BCUT2D eigenvalue weighted by Crippen LogP contribution is -2.30. The van der Waals surface area contributed by atoms with Crippen molar-refractivity contribution in [3.63, 3.8) is 0 Å². The normalized spacial score (nSPS) is 11.1. The Morgan fingerprint density at radius 2 is 0.650 bits per heavy atom. The third-order valence-electron chi connectivity index (χ3n) is 23.5. The fourth-order valence-corrected chi connectivity index (χ4v) is 16.8. The van der Waals surface area contributed by atoms with E-state index in [0.717, 1.165) is 166 Å². The van der Waals surface area contributed by atoms with E-state index in [4.69, 9.17) is 41.8 Å². The SMILES string of the molecule is Cc1cc(C)c2oc3cccc(C#N)c3c2c1-c1cccc[n+]1C.Cc1cc2c(oc3cccc(C#N)c32)c(-c2cccc[n+]2C)c1C.[C-]#[N+]c1ccc2c(c1)oc1c(-c3cccc[n+]3C)c(C)c(C)cc12.[C-]#[N+]c1ccc2oc3c(-c4cccc[n+]4C)c(C)c(C)cc3c2c1.[C-]#[N+]c1cccc2c1oc1c(-c3cccc[n+]3C)c(C)c(C)cc12. The van der Waals surface area contributed by atoms with E-state index in [1.54, 1.807) is 12.1 Å². The van der Waals surface area contributed by atoms with Crippen molar-refractivity contribution in [2.24, 2.45) is 35.2 Å². The number of para-hydroxylation sites is 1. The van der Waals surface area contributed by atoms with Crippen LogP contribution in [0, 0.1) is 112 Å². The van der Waals surface area contributed by atoms with E-state index in [9.17, 15) is 10.5 Å². The topological polar surface area (TPSA) is 146 Å². The van der Waals surface area contributed by atoms with Gasteiger partial charge in [0.15, 0.2) is 42.4 Å². The van der Waals surface area contributed by atoms with Gasteiger partial charge in [-0.1, -0.05) is 54.6 Å². The fourth-order valence-electron chi connectivity index (χ4n) is 16.8. The summed E-state index contributed by atoms with van der Waals surface area (Å²) in [7, 11) is 10.2. The van der Waals surface area contributed by atoms with E-state index >= 15 is 0 Å². The molecule has 0 aliphatic rings. The van der Waals surface area contributed by atoms with Crippen molar-refractivity contribution < 1.29 is 44.9 Å². The number of hydrogen-bond acceptors (Lipinski definition) is 7. The van der Waals surface area contributed by atoms with Crippen molar-refractivity contribution in [1.82, 2.24) is 0 Å². The second kappa shape index (κ2) is 31.9. The highest BCUT2D eigenvalue weighted by molar-refractivity contribution is 6.18. The van der Waals surface area contributed by atoms with Gasteiger partial charge < -0.3 is 22.1 Å². The minimum atomic E-state index is 0.558. The zero-order chi connectivity index (χ0) is 84.2. The molecule has 0 atom stereocenters. The number of furan rings is 5. The Morgan fingerprint density at radius 3 is 1.12 bits per heavy atom. The average molecular weight is 1570 g/mol. The highest BCUT2D eigenvalue weighted by atomic mass is 16.3. The van der Waals surface area contributed by atoms with Gasteiger partial charge in [-0.05, 0) is 222 Å². The third kappa shape index (κ3) is 13.7. The summed E-state index contributed by atoms with van der Waals surface area (Å²) >= 11 is 0. The molecule has 0 N–H and O–H groups in total. The van der Waals surface area contributed by atoms with Crippen molar-refractivity contribution in [3.8, 4) is 68.4 Å². The number of rotatable bonds is 5. The van der Waals surface area contributed by atoms with E-state index in [1.165, 1.54) is 50.1 Å². The Labute approximate surface area is 695 Å². The molecule has 0 saturated carbocycles. The van der Waals surface area contributed by atoms with E-state index in [0.29, 0.717) is 33.8 Å². The summed E-state index contributed by atoms with van der Waals surface area (Å²) in [6.45, 7) is 43.0. The van der Waals surface area contributed by atoms with Gasteiger partial charge in [0, 0.05) is 115 Å². The predicted molar refractivity (Wildman–Crippen MR) is 477 cm³/mol. The molecule has 0 radical (unpaired) electrons. The molecule has 0 saturated heterocycles. The van der Waals surface area contributed by atoms with Crippen LogP contribution in [0.2, 0.25) is 0 Å². The summed E-state index contributed by atoms with van der Waals surface area (Å²) < 4.78 is 41.5. The van der Waals surface area contributed by atoms with E-state index < -0.39 is 0 Å². The Kier molecular flexibility index (Phi) is 20.8. The van der Waals surface area contributed by atoms with Gasteiger partial charge in [0.25, 0.3) is 0 Å². The van der Waals surface area contributed by atoms with Crippen LogP contribution >= 0.6 is 0 Å². The van der Waals surface area contributed by atoms with E-state index in [2.05, 4.69) is 179 Å². The molecule has 15 heteroatoms. The molecule has 10 aromatic heterocycles. The highest BCUT2D eigenvalue weighted by Gasteiger charge is 2.29. The van der Waals surface area contributed by atoms with Crippen molar-refractivity contribution in [2.45, 2.75) is 69.2 Å². The number of benzene rings is 10. The van der Waals surface area contributed by atoms with Crippen molar-refractivity contribution in [2.75, 3.05) is 0 Å². The Morgan fingerprint density at radius 1 is 0.267 bits per heavy atom. The van der Waals surface area contributed by atoms with Crippen LogP contribution in [0.25, 0.3) is 181 Å². The molecule has 0 amide bonds. The zero-order valence-electron chi connectivity index (χ0n) is 69.6.